The SMILES string of the molecule is c1ccc(N(Cc2ccn(-c3ccccc3)n2)c2ccn(-c3ccccc3)n2)cc1. The van der Waals surface area contributed by atoms with Crippen molar-refractivity contribution >= 4 is 11.5 Å². The van der Waals surface area contributed by atoms with Crippen LogP contribution in [0.4, 0.5) is 11.5 Å². The predicted octanol–water partition coefficient (Wildman–Crippen LogP) is 5.40. The molecule has 5 heteroatoms. The fraction of sp³-hybridized carbons (Fsp3) is 0.0400. The van der Waals surface area contributed by atoms with Crippen LogP contribution in [0.25, 0.3) is 11.4 Å². The van der Waals surface area contributed by atoms with Crippen molar-refractivity contribution in [3.05, 3.63) is 121 Å². The molecule has 5 nitrogen and oxygen atoms in total. The van der Waals surface area contributed by atoms with Gasteiger partial charge in [-0.05, 0) is 42.5 Å². The first-order valence-electron chi connectivity index (χ1n) is 9.90. The number of hydrogen-bond acceptors (Lipinski definition) is 3. The van der Waals surface area contributed by atoms with E-state index in [0.717, 1.165) is 28.6 Å². The third-order valence-electron chi connectivity index (χ3n) is 4.93. The van der Waals surface area contributed by atoms with Gasteiger partial charge in [-0.3, -0.25) is 0 Å². The minimum absolute atomic E-state index is 0.621. The lowest BCUT2D eigenvalue weighted by molar-refractivity contribution is 0.805. The Bertz CT molecular complexity index is 1210. The Morgan fingerprint density at radius 1 is 0.567 bits per heavy atom. The molecule has 0 amide bonds. The molecule has 0 spiro atoms. The highest BCUT2D eigenvalue weighted by Crippen LogP contribution is 2.26. The first kappa shape index (κ1) is 17.9. The average Bonchev–Trinajstić information content (AvgIpc) is 3.49. The quantitative estimate of drug-likeness (QED) is 0.389. The maximum absolute atomic E-state index is 4.83. The minimum Gasteiger partial charge on any atom is -0.319 e. The van der Waals surface area contributed by atoms with Crippen molar-refractivity contribution in [2.75, 3.05) is 4.90 Å². The van der Waals surface area contributed by atoms with Gasteiger partial charge in [0.2, 0.25) is 0 Å². The first-order chi connectivity index (χ1) is 14.9. The van der Waals surface area contributed by atoms with Crippen LogP contribution in [0.3, 0.4) is 0 Å². The van der Waals surface area contributed by atoms with Crippen LogP contribution in [0, 0.1) is 0 Å². The van der Waals surface area contributed by atoms with E-state index in [9.17, 15) is 0 Å². The first-order valence-corrected chi connectivity index (χ1v) is 9.90. The molecule has 0 unspecified atom stereocenters. The van der Waals surface area contributed by atoms with Gasteiger partial charge in [-0.2, -0.15) is 5.10 Å². The van der Waals surface area contributed by atoms with Crippen molar-refractivity contribution in [1.82, 2.24) is 19.6 Å². The maximum atomic E-state index is 4.83. The molecule has 3 aromatic carbocycles. The summed E-state index contributed by atoms with van der Waals surface area (Å²) in [6, 6.07) is 34.7. The van der Waals surface area contributed by atoms with E-state index in [1.54, 1.807) is 0 Å². The Morgan fingerprint density at radius 3 is 1.73 bits per heavy atom. The molecular formula is C25H21N5. The third-order valence-corrected chi connectivity index (χ3v) is 4.93. The molecule has 2 aromatic heterocycles. The van der Waals surface area contributed by atoms with E-state index < -0.39 is 0 Å². The fourth-order valence-electron chi connectivity index (χ4n) is 3.43. The Kier molecular flexibility index (Phi) is 4.84. The molecule has 2 heterocycles. The van der Waals surface area contributed by atoms with Crippen LogP contribution in [-0.4, -0.2) is 19.6 Å². The van der Waals surface area contributed by atoms with Gasteiger partial charge >= 0.3 is 0 Å². The topological polar surface area (TPSA) is 38.9 Å². The van der Waals surface area contributed by atoms with Gasteiger partial charge in [-0.15, -0.1) is 5.10 Å². The smallest absolute Gasteiger partial charge is 0.155 e. The summed E-state index contributed by atoms with van der Waals surface area (Å²) >= 11 is 0. The van der Waals surface area contributed by atoms with E-state index in [0.29, 0.717) is 6.54 Å². The number of benzene rings is 3. The second-order valence-electron chi connectivity index (χ2n) is 6.96. The molecule has 0 aliphatic carbocycles. The molecule has 5 rings (SSSR count). The largest absolute Gasteiger partial charge is 0.319 e. The lowest BCUT2D eigenvalue weighted by Gasteiger charge is -2.21. The Hall–Kier alpha value is -4.12. The van der Waals surface area contributed by atoms with Crippen LogP contribution in [0.2, 0.25) is 0 Å². The van der Waals surface area contributed by atoms with Gasteiger partial charge in [-0.25, -0.2) is 9.36 Å². The van der Waals surface area contributed by atoms with Gasteiger partial charge < -0.3 is 4.90 Å². The van der Waals surface area contributed by atoms with Crippen molar-refractivity contribution < 1.29 is 0 Å². The maximum Gasteiger partial charge on any atom is 0.155 e. The van der Waals surface area contributed by atoms with Gasteiger partial charge in [0, 0.05) is 24.1 Å². The molecule has 0 saturated carbocycles. The molecule has 146 valence electrons. The van der Waals surface area contributed by atoms with E-state index in [-0.39, 0.29) is 0 Å². The summed E-state index contributed by atoms with van der Waals surface area (Å²) in [5, 5.41) is 9.60. The van der Waals surface area contributed by atoms with Crippen molar-refractivity contribution in [1.29, 1.82) is 0 Å². The Labute approximate surface area is 175 Å². The number of rotatable bonds is 6. The van der Waals surface area contributed by atoms with E-state index in [1.165, 1.54) is 0 Å². The number of para-hydroxylation sites is 3. The van der Waals surface area contributed by atoms with Gasteiger partial charge in [0.25, 0.3) is 0 Å². The zero-order chi connectivity index (χ0) is 20.2. The van der Waals surface area contributed by atoms with Crippen LogP contribution >= 0.6 is 0 Å². The molecule has 0 N–H and O–H groups in total. The van der Waals surface area contributed by atoms with Crippen LogP contribution in [0.5, 0.6) is 0 Å². The van der Waals surface area contributed by atoms with Crippen molar-refractivity contribution in [3.63, 3.8) is 0 Å². The summed E-state index contributed by atoms with van der Waals surface area (Å²) in [5.41, 5.74) is 4.12. The summed E-state index contributed by atoms with van der Waals surface area (Å²) in [4.78, 5) is 2.18. The second-order valence-corrected chi connectivity index (χ2v) is 6.96. The Morgan fingerprint density at radius 2 is 1.10 bits per heavy atom. The molecule has 0 saturated heterocycles. The highest BCUT2D eigenvalue weighted by atomic mass is 15.4. The van der Waals surface area contributed by atoms with E-state index in [2.05, 4.69) is 23.1 Å². The number of nitrogens with zero attached hydrogens (tertiary/aromatic N) is 5. The van der Waals surface area contributed by atoms with Gasteiger partial charge in [0.05, 0.1) is 23.6 Å². The second kappa shape index (κ2) is 8.09. The van der Waals surface area contributed by atoms with E-state index >= 15 is 0 Å². The molecule has 0 fully saturated rings. The lowest BCUT2D eigenvalue weighted by Crippen LogP contribution is -2.18. The van der Waals surface area contributed by atoms with Crippen molar-refractivity contribution in [2.24, 2.45) is 0 Å². The highest BCUT2D eigenvalue weighted by Gasteiger charge is 2.15. The molecule has 0 aliphatic heterocycles. The number of hydrogen-bond donors (Lipinski definition) is 0. The summed E-state index contributed by atoms with van der Waals surface area (Å²) in [6.07, 6.45) is 3.99. The third kappa shape index (κ3) is 3.73. The van der Waals surface area contributed by atoms with E-state index in [1.807, 2.05) is 107 Å². The summed E-state index contributed by atoms with van der Waals surface area (Å²) < 4.78 is 3.80. The van der Waals surface area contributed by atoms with Crippen molar-refractivity contribution in [3.8, 4) is 11.4 Å². The standard InChI is InChI=1S/C25H21N5/c1-4-10-22(11-5-1)28(25-17-19-30(27-25)24-14-8-3-9-15-24)20-21-16-18-29(26-21)23-12-6-2-7-13-23/h1-19H,20H2. The molecule has 0 radical (unpaired) electrons. The van der Waals surface area contributed by atoms with Gasteiger partial charge in [0.1, 0.15) is 0 Å². The van der Waals surface area contributed by atoms with E-state index in [4.69, 9.17) is 10.2 Å². The fourth-order valence-corrected chi connectivity index (χ4v) is 3.43. The molecular weight excluding hydrogens is 370 g/mol. The molecule has 5 aromatic rings. The molecule has 0 bridgehead atoms. The zero-order valence-electron chi connectivity index (χ0n) is 16.4. The normalized spacial score (nSPS) is 10.8. The average molecular weight is 391 g/mol. The number of anilines is 2. The highest BCUT2D eigenvalue weighted by molar-refractivity contribution is 5.60. The zero-order valence-corrected chi connectivity index (χ0v) is 16.4. The molecule has 0 aliphatic rings. The minimum atomic E-state index is 0.621. The number of aromatic nitrogens is 4. The van der Waals surface area contributed by atoms with Crippen LogP contribution in [-0.2, 0) is 6.54 Å². The molecule has 0 atom stereocenters. The Balaban J connectivity index is 1.47. The lowest BCUT2D eigenvalue weighted by atomic mass is 10.2. The summed E-state index contributed by atoms with van der Waals surface area (Å²) in [5.74, 6) is 0.874. The molecule has 30 heavy (non-hydrogen) atoms. The summed E-state index contributed by atoms with van der Waals surface area (Å²) in [6.45, 7) is 0.621. The van der Waals surface area contributed by atoms with Gasteiger partial charge in [-0.1, -0.05) is 54.6 Å². The van der Waals surface area contributed by atoms with Gasteiger partial charge in [0.15, 0.2) is 5.82 Å². The van der Waals surface area contributed by atoms with Crippen molar-refractivity contribution in [2.45, 2.75) is 6.54 Å². The van der Waals surface area contributed by atoms with Crippen LogP contribution in [0.1, 0.15) is 5.69 Å². The summed E-state index contributed by atoms with van der Waals surface area (Å²) in [7, 11) is 0. The predicted molar refractivity (Wildman–Crippen MR) is 119 cm³/mol. The van der Waals surface area contributed by atoms with Crippen LogP contribution < -0.4 is 4.90 Å². The van der Waals surface area contributed by atoms with Crippen LogP contribution in [0.15, 0.2) is 116 Å². The monoisotopic (exact) mass is 391 g/mol.